The van der Waals surface area contributed by atoms with Crippen LogP contribution in [-0.4, -0.2) is 22.6 Å². The average Bonchev–Trinajstić information content (AvgIpc) is 2.75. The molecule has 1 aromatic heterocycles. The first-order chi connectivity index (χ1) is 7.33. The molecule has 4 heteroatoms. The summed E-state index contributed by atoms with van der Waals surface area (Å²) in [5.74, 6) is -0.112. The van der Waals surface area contributed by atoms with E-state index in [-0.39, 0.29) is 5.97 Å². The minimum absolute atomic E-state index is 0.112. The predicted molar refractivity (Wildman–Crippen MR) is 56.2 cm³/mol. The number of carbonyl (C=O) groups is 1. The molecule has 0 fully saturated rings. The summed E-state index contributed by atoms with van der Waals surface area (Å²) in [6.07, 6.45) is 11.2. The number of aryl methyl sites for hydroxylation is 1. The number of esters is 1. The van der Waals surface area contributed by atoms with Gasteiger partial charge >= 0.3 is 5.97 Å². The Hall–Kier alpha value is -1.32. The Bertz CT molecular complexity index is 270. The number of aromatic nitrogens is 2. The fraction of sp³-hybridized carbons (Fsp3) is 0.636. The summed E-state index contributed by atoms with van der Waals surface area (Å²) in [4.78, 5) is 14.6. The van der Waals surface area contributed by atoms with E-state index in [1.807, 2.05) is 10.8 Å². The van der Waals surface area contributed by atoms with Crippen LogP contribution in [0.1, 0.15) is 32.1 Å². The number of rotatable bonds is 7. The lowest BCUT2D eigenvalue weighted by atomic mass is 10.1. The molecule has 0 unspecified atom stereocenters. The Morgan fingerprint density at radius 3 is 2.87 bits per heavy atom. The summed E-state index contributed by atoms with van der Waals surface area (Å²) >= 11 is 0. The van der Waals surface area contributed by atoms with Crippen molar-refractivity contribution in [3.63, 3.8) is 0 Å². The minimum atomic E-state index is -0.112. The molecule has 0 aliphatic rings. The van der Waals surface area contributed by atoms with Crippen LogP contribution in [0.4, 0.5) is 0 Å². The molecule has 1 heterocycles. The maximum absolute atomic E-state index is 10.8. The predicted octanol–water partition coefficient (Wildman–Crippen LogP) is 1.81. The van der Waals surface area contributed by atoms with E-state index in [1.54, 1.807) is 6.33 Å². The molecular weight excluding hydrogens is 192 g/mol. The third-order valence-electron chi connectivity index (χ3n) is 2.28. The van der Waals surface area contributed by atoms with E-state index in [0.29, 0.717) is 6.42 Å². The van der Waals surface area contributed by atoms with Crippen LogP contribution < -0.4 is 0 Å². The first-order valence-corrected chi connectivity index (χ1v) is 5.27. The van der Waals surface area contributed by atoms with Crippen LogP contribution in [0, 0.1) is 6.20 Å². The maximum Gasteiger partial charge on any atom is 0.305 e. The number of hydrogen-bond acceptors (Lipinski definition) is 3. The van der Waals surface area contributed by atoms with Gasteiger partial charge in [0.15, 0.2) is 0 Å². The van der Waals surface area contributed by atoms with E-state index >= 15 is 0 Å². The van der Waals surface area contributed by atoms with Crippen molar-refractivity contribution in [2.24, 2.45) is 0 Å². The first-order valence-electron chi connectivity index (χ1n) is 5.27. The van der Waals surface area contributed by atoms with Gasteiger partial charge in [0.25, 0.3) is 0 Å². The van der Waals surface area contributed by atoms with Gasteiger partial charge < -0.3 is 9.30 Å². The van der Waals surface area contributed by atoms with Gasteiger partial charge in [0.1, 0.15) is 6.20 Å². The first kappa shape index (κ1) is 11.8. The number of nitrogens with zero attached hydrogens (tertiary/aromatic N) is 2. The molecule has 1 aromatic rings. The normalized spacial score (nSPS) is 10.2. The Balaban J connectivity index is 1.91. The molecular formula is C11H17N2O2. The van der Waals surface area contributed by atoms with Gasteiger partial charge in [-0.25, -0.2) is 4.98 Å². The summed E-state index contributed by atoms with van der Waals surface area (Å²) in [5.41, 5.74) is 0. The van der Waals surface area contributed by atoms with Gasteiger partial charge in [-0.05, 0) is 12.8 Å². The zero-order chi connectivity index (χ0) is 10.9. The zero-order valence-corrected chi connectivity index (χ0v) is 9.11. The van der Waals surface area contributed by atoms with Crippen LogP contribution in [0.5, 0.6) is 0 Å². The van der Waals surface area contributed by atoms with E-state index in [1.165, 1.54) is 7.11 Å². The number of carbonyl (C=O) groups excluding carboxylic acids is 1. The number of methoxy groups -OCH3 is 1. The topological polar surface area (TPSA) is 44.1 Å². The molecule has 0 amide bonds. The average molecular weight is 209 g/mol. The molecule has 0 atom stereocenters. The largest absolute Gasteiger partial charge is 0.469 e. The molecule has 0 saturated carbocycles. The van der Waals surface area contributed by atoms with Crippen molar-refractivity contribution in [3.05, 3.63) is 18.7 Å². The number of imidazole rings is 1. The molecule has 0 spiro atoms. The lowest BCUT2D eigenvalue weighted by Gasteiger charge is -2.02. The second-order valence-electron chi connectivity index (χ2n) is 3.48. The van der Waals surface area contributed by atoms with Crippen LogP contribution in [0.25, 0.3) is 0 Å². The van der Waals surface area contributed by atoms with Crippen LogP contribution in [-0.2, 0) is 16.1 Å². The SMILES string of the molecule is COC(=O)CCCCCCn1c[c]nc1. The Labute approximate surface area is 90.3 Å². The smallest absolute Gasteiger partial charge is 0.305 e. The minimum Gasteiger partial charge on any atom is -0.469 e. The van der Waals surface area contributed by atoms with Gasteiger partial charge in [-0.1, -0.05) is 12.8 Å². The summed E-state index contributed by atoms with van der Waals surface area (Å²) < 4.78 is 6.57. The van der Waals surface area contributed by atoms with Crippen LogP contribution >= 0.6 is 0 Å². The Kier molecular flexibility index (Phi) is 5.51. The van der Waals surface area contributed by atoms with Gasteiger partial charge in [-0.15, -0.1) is 0 Å². The van der Waals surface area contributed by atoms with Crippen molar-refractivity contribution < 1.29 is 9.53 Å². The summed E-state index contributed by atoms with van der Waals surface area (Å²) in [6.45, 7) is 0.981. The Morgan fingerprint density at radius 1 is 1.40 bits per heavy atom. The highest BCUT2D eigenvalue weighted by Crippen LogP contribution is 2.05. The Morgan fingerprint density at radius 2 is 2.20 bits per heavy atom. The molecule has 0 aliphatic heterocycles. The quantitative estimate of drug-likeness (QED) is 0.508. The molecule has 0 aliphatic carbocycles. The fourth-order valence-corrected chi connectivity index (χ4v) is 1.39. The molecule has 0 N–H and O–H groups in total. The lowest BCUT2D eigenvalue weighted by molar-refractivity contribution is -0.140. The zero-order valence-electron chi connectivity index (χ0n) is 9.11. The van der Waals surface area contributed by atoms with Crippen LogP contribution in [0.3, 0.4) is 0 Å². The number of ether oxygens (including phenoxy) is 1. The fourth-order valence-electron chi connectivity index (χ4n) is 1.39. The molecule has 0 saturated heterocycles. The standard InChI is InChI=1S/C11H17N2O2/c1-15-11(14)6-4-2-3-5-8-13-9-7-12-10-13/h9-10H,2-6,8H2,1H3. The highest BCUT2D eigenvalue weighted by atomic mass is 16.5. The second kappa shape index (κ2) is 7.04. The molecule has 1 radical (unpaired) electrons. The number of hydrogen-bond donors (Lipinski definition) is 0. The van der Waals surface area contributed by atoms with Gasteiger partial charge in [0.05, 0.1) is 13.4 Å². The summed E-state index contributed by atoms with van der Waals surface area (Å²) in [5, 5.41) is 0. The number of unbranched alkanes of at least 4 members (excludes halogenated alkanes) is 3. The third kappa shape index (κ3) is 5.20. The lowest BCUT2D eigenvalue weighted by Crippen LogP contribution is -1.99. The molecule has 1 rings (SSSR count). The van der Waals surface area contributed by atoms with Crippen molar-refractivity contribution in [2.75, 3.05) is 7.11 Å². The molecule has 0 bridgehead atoms. The van der Waals surface area contributed by atoms with Gasteiger partial charge in [0.2, 0.25) is 0 Å². The monoisotopic (exact) mass is 209 g/mol. The van der Waals surface area contributed by atoms with Crippen LogP contribution in [0.2, 0.25) is 0 Å². The summed E-state index contributed by atoms with van der Waals surface area (Å²) in [7, 11) is 1.43. The molecule has 4 nitrogen and oxygen atoms in total. The van der Waals surface area contributed by atoms with E-state index in [0.717, 1.165) is 32.2 Å². The van der Waals surface area contributed by atoms with E-state index in [2.05, 4.69) is 15.9 Å². The molecule has 0 aromatic carbocycles. The van der Waals surface area contributed by atoms with Gasteiger partial charge in [-0.3, -0.25) is 4.79 Å². The van der Waals surface area contributed by atoms with Crippen molar-refractivity contribution >= 4 is 5.97 Å². The second-order valence-corrected chi connectivity index (χ2v) is 3.48. The van der Waals surface area contributed by atoms with Crippen molar-refractivity contribution in [1.29, 1.82) is 0 Å². The van der Waals surface area contributed by atoms with Crippen LogP contribution in [0.15, 0.2) is 12.5 Å². The van der Waals surface area contributed by atoms with Gasteiger partial charge in [0, 0.05) is 19.2 Å². The van der Waals surface area contributed by atoms with Crippen molar-refractivity contribution in [3.8, 4) is 0 Å². The highest BCUT2D eigenvalue weighted by molar-refractivity contribution is 5.68. The maximum atomic E-state index is 10.8. The third-order valence-corrected chi connectivity index (χ3v) is 2.28. The van der Waals surface area contributed by atoms with Crippen molar-refractivity contribution in [2.45, 2.75) is 38.6 Å². The van der Waals surface area contributed by atoms with Crippen molar-refractivity contribution in [1.82, 2.24) is 9.55 Å². The molecule has 15 heavy (non-hydrogen) atoms. The van der Waals surface area contributed by atoms with E-state index < -0.39 is 0 Å². The van der Waals surface area contributed by atoms with Gasteiger partial charge in [-0.2, -0.15) is 0 Å². The molecule has 83 valence electrons. The van der Waals surface area contributed by atoms with E-state index in [9.17, 15) is 4.79 Å². The summed E-state index contributed by atoms with van der Waals surface area (Å²) in [6, 6.07) is 0. The highest BCUT2D eigenvalue weighted by Gasteiger charge is 1.98. The van der Waals surface area contributed by atoms with E-state index in [4.69, 9.17) is 0 Å².